The van der Waals surface area contributed by atoms with Crippen molar-refractivity contribution in [1.82, 2.24) is 0 Å². The molecule has 1 fully saturated rings. The third kappa shape index (κ3) is 3.07. The van der Waals surface area contributed by atoms with Crippen molar-refractivity contribution in [2.45, 2.75) is 19.8 Å². The Morgan fingerprint density at radius 1 is 1.42 bits per heavy atom. The average molecular weight is 283 g/mol. The highest BCUT2D eigenvalue weighted by Gasteiger charge is 2.34. The molecule has 19 heavy (non-hydrogen) atoms. The van der Waals surface area contributed by atoms with E-state index in [9.17, 15) is 13.2 Å². The van der Waals surface area contributed by atoms with Crippen LogP contribution in [0, 0.1) is 5.92 Å². The van der Waals surface area contributed by atoms with Crippen LogP contribution in [0.15, 0.2) is 24.3 Å². The zero-order valence-corrected chi connectivity index (χ0v) is 11.6. The minimum atomic E-state index is -3.26. The summed E-state index contributed by atoms with van der Waals surface area (Å²) in [6, 6.07) is 7.11. The number of hydrogen-bond acceptors (Lipinski definition) is 3. The van der Waals surface area contributed by atoms with Gasteiger partial charge in [-0.3, -0.25) is 9.10 Å². The van der Waals surface area contributed by atoms with Crippen LogP contribution in [0.1, 0.15) is 18.9 Å². The molecule has 0 spiro atoms. The van der Waals surface area contributed by atoms with Gasteiger partial charge >= 0.3 is 5.97 Å². The van der Waals surface area contributed by atoms with E-state index in [0.717, 1.165) is 5.56 Å². The maximum Gasteiger partial charge on any atom is 0.303 e. The van der Waals surface area contributed by atoms with Gasteiger partial charge in [-0.2, -0.15) is 0 Å². The van der Waals surface area contributed by atoms with Crippen LogP contribution in [-0.4, -0.2) is 31.8 Å². The predicted molar refractivity (Wildman–Crippen MR) is 72.7 cm³/mol. The van der Waals surface area contributed by atoms with Crippen LogP contribution < -0.4 is 4.31 Å². The van der Waals surface area contributed by atoms with Crippen LogP contribution in [0.2, 0.25) is 0 Å². The molecule has 2 rings (SSSR count). The van der Waals surface area contributed by atoms with Gasteiger partial charge in [0.25, 0.3) is 0 Å². The van der Waals surface area contributed by atoms with Crippen molar-refractivity contribution < 1.29 is 18.3 Å². The summed E-state index contributed by atoms with van der Waals surface area (Å²) in [5.41, 5.74) is 1.38. The van der Waals surface area contributed by atoms with Gasteiger partial charge in [-0.1, -0.05) is 25.1 Å². The van der Waals surface area contributed by atoms with Gasteiger partial charge in [0, 0.05) is 13.0 Å². The maximum absolute atomic E-state index is 12.1. The second-order valence-corrected chi connectivity index (χ2v) is 6.88. The van der Waals surface area contributed by atoms with Crippen LogP contribution in [0.5, 0.6) is 0 Å². The molecule has 0 aliphatic carbocycles. The number of sulfonamides is 1. The molecule has 1 heterocycles. The number of para-hydroxylation sites is 1. The van der Waals surface area contributed by atoms with E-state index in [1.807, 2.05) is 6.92 Å². The molecule has 1 aromatic carbocycles. The fourth-order valence-electron chi connectivity index (χ4n) is 2.35. The zero-order chi connectivity index (χ0) is 14.0. The van der Waals surface area contributed by atoms with Crippen LogP contribution in [0.3, 0.4) is 0 Å². The summed E-state index contributed by atoms with van der Waals surface area (Å²) in [5.74, 6) is -0.634. The first-order valence-electron chi connectivity index (χ1n) is 6.20. The molecule has 0 bridgehead atoms. The first kappa shape index (κ1) is 13.9. The van der Waals surface area contributed by atoms with E-state index < -0.39 is 16.0 Å². The number of nitrogens with zero attached hydrogens (tertiary/aromatic N) is 1. The van der Waals surface area contributed by atoms with E-state index >= 15 is 0 Å². The van der Waals surface area contributed by atoms with Crippen LogP contribution in [0.25, 0.3) is 0 Å². The summed E-state index contributed by atoms with van der Waals surface area (Å²) in [6.07, 6.45) is 0.340. The Kier molecular flexibility index (Phi) is 3.80. The van der Waals surface area contributed by atoms with Crippen molar-refractivity contribution in [3.05, 3.63) is 29.8 Å². The van der Waals surface area contributed by atoms with Gasteiger partial charge < -0.3 is 5.11 Å². The standard InChI is InChI=1S/C13H17NO4S/c1-10-8-14(19(17,18)9-10)12-5-3-2-4-11(12)6-7-13(15)16/h2-5,10H,6-9H2,1H3,(H,15,16). The normalized spacial score (nSPS) is 21.5. The van der Waals surface area contributed by atoms with Crippen LogP contribution in [0.4, 0.5) is 5.69 Å². The third-order valence-corrected chi connectivity index (χ3v) is 5.18. The number of aryl methyl sites for hydroxylation is 1. The average Bonchev–Trinajstić information content (AvgIpc) is 2.60. The number of carbonyl (C=O) groups is 1. The van der Waals surface area contributed by atoms with Gasteiger partial charge in [0.05, 0.1) is 11.4 Å². The minimum Gasteiger partial charge on any atom is -0.481 e. The lowest BCUT2D eigenvalue weighted by Gasteiger charge is -2.20. The second kappa shape index (κ2) is 5.21. The van der Waals surface area contributed by atoms with Gasteiger partial charge in [-0.25, -0.2) is 8.42 Å². The Labute approximate surface area is 112 Å². The van der Waals surface area contributed by atoms with Crippen molar-refractivity contribution in [1.29, 1.82) is 0 Å². The zero-order valence-electron chi connectivity index (χ0n) is 10.7. The molecule has 1 aliphatic rings. The summed E-state index contributed by atoms with van der Waals surface area (Å²) < 4.78 is 25.6. The molecule has 5 nitrogen and oxygen atoms in total. The van der Waals surface area contributed by atoms with Crippen molar-refractivity contribution in [3.63, 3.8) is 0 Å². The molecule has 0 amide bonds. The first-order chi connectivity index (χ1) is 8.90. The fraction of sp³-hybridized carbons (Fsp3) is 0.462. The van der Waals surface area contributed by atoms with Crippen molar-refractivity contribution in [2.24, 2.45) is 5.92 Å². The summed E-state index contributed by atoms with van der Waals surface area (Å²) in [4.78, 5) is 10.7. The molecule has 1 atom stereocenters. The number of carboxylic acid groups (broad SMARTS) is 1. The Morgan fingerprint density at radius 2 is 2.11 bits per heavy atom. The SMILES string of the molecule is CC1CN(c2ccccc2CCC(=O)O)S(=O)(=O)C1. The Morgan fingerprint density at radius 3 is 2.68 bits per heavy atom. The molecule has 0 saturated carbocycles. The highest BCUT2D eigenvalue weighted by atomic mass is 32.2. The molecule has 1 aliphatic heterocycles. The van der Waals surface area contributed by atoms with E-state index in [-0.39, 0.29) is 18.1 Å². The predicted octanol–water partition coefficient (Wildman–Crippen LogP) is 1.49. The summed E-state index contributed by atoms with van der Waals surface area (Å²) in [6.45, 7) is 2.36. The van der Waals surface area contributed by atoms with E-state index in [4.69, 9.17) is 5.11 Å². The molecule has 6 heteroatoms. The van der Waals surface area contributed by atoms with E-state index in [0.29, 0.717) is 18.7 Å². The van der Waals surface area contributed by atoms with Gasteiger partial charge in [-0.15, -0.1) is 0 Å². The van der Waals surface area contributed by atoms with Crippen molar-refractivity contribution >= 4 is 21.7 Å². The highest BCUT2D eigenvalue weighted by molar-refractivity contribution is 7.93. The molecule has 1 N–H and O–H groups in total. The summed E-state index contributed by atoms with van der Waals surface area (Å²) >= 11 is 0. The number of hydrogen-bond donors (Lipinski definition) is 1. The topological polar surface area (TPSA) is 74.7 Å². The number of rotatable bonds is 4. The Hall–Kier alpha value is -1.56. The van der Waals surface area contributed by atoms with E-state index in [1.165, 1.54) is 4.31 Å². The second-order valence-electron chi connectivity index (χ2n) is 4.94. The molecule has 0 radical (unpaired) electrons. The fourth-order valence-corrected chi connectivity index (χ4v) is 4.32. The Bertz CT molecular complexity index is 582. The molecular weight excluding hydrogens is 266 g/mol. The molecule has 1 unspecified atom stereocenters. The molecule has 0 aromatic heterocycles. The monoisotopic (exact) mass is 283 g/mol. The van der Waals surface area contributed by atoms with Crippen molar-refractivity contribution in [3.8, 4) is 0 Å². The minimum absolute atomic E-state index is 0.000451. The van der Waals surface area contributed by atoms with Crippen LogP contribution >= 0.6 is 0 Å². The molecule has 104 valence electrons. The lowest BCUT2D eigenvalue weighted by molar-refractivity contribution is -0.136. The van der Waals surface area contributed by atoms with Gasteiger partial charge in [-0.05, 0) is 24.0 Å². The van der Waals surface area contributed by atoms with E-state index in [1.54, 1.807) is 24.3 Å². The number of aliphatic carboxylic acids is 1. The lowest BCUT2D eigenvalue weighted by Crippen LogP contribution is -2.26. The van der Waals surface area contributed by atoms with Gasteiger partial charge in [0.1, 0.15) is 0 Å². The molecule has 1 aromatic rings. The largest absolute Gasteiger partial charge is 0.481 e. The van der Waals surface area contributed by atoms with Crippen LogP contribution in [-0.2, 0) is 21.2 Å². The smallest absolute Gasteiger partial charge is 0.303 e. The summed E-state index contributed by atoms with van der Waals surface area (Å²) in [7, 11) is -3.26. The summed E-state index contributed by atoms with van der Waals surface area (Å²) in [5, 5.41) is 8.74. The third-order valence-electron chi connectivity index (χ3n) is 3.18. The first-order valence-corrected chi connectivity index (χ1v) is 7.81. The Balaban J connectivity index is 2.32. The lowest BCUT2D eigenvalue weighted by atomic mass is 10.1. The molecule has 1 saturated heterocycles. The number of anilines is 1. The number of carboxylic acids is 1. The van der Waals surface area contributed by atoms with Gasteiger partial charge in [0.2, 0.25) is 10.0 Å². The quantitative estimate of drug-likeness (QED) is 0.908. The van der Waals surface area contributed by atoms with E-state index in [2.05, 4.69) is 0 Å². The number of benzene rings is 1. The highest BCUT2D eigenvalue weighted by Crippen LogP contribution is 2.30. The van der Waals surface area contributed by atoms with Crippen molar-refractivity contribution in [2.75, 3.05) is 16.6 Å². The maximum atomic E-state index is 12.1. The van der Waals surface area contributed by atoms with Gasteiger partial charge in [0.15, 0.2) is 0 Å². The molecular formula is C13H17NO4S.